The van der Waals surface area contributed by atoms with Gasteiger partial charge in [-0.15, -0.1) is 0 Å². The minimum atomic E-state index is -1.38. The summed E-state index contributed by atoms with van der Waals surface area (Å²) in [7, 11) is 0. The number of nitrogens with one attached hydrogen (secondary N) is 1. The van der Waals surface area contributed by atoms with Gasteiger partial charge in [0.2, 0.25) is 0 Å². The lowest BCUT2D eigenvalue weighted by Crippen LogP contribution is -2.45. The van der Waals surface area contributed by atoms with E-state index in [-0.39, 0.29) is 17.9 Å². The van der Waals surface area contributed by atoms with Crippen molar-refractivity contribution >= 4 is 23.0 Å². The van der Waals surface area contributed by atoms with Crippen LogP contribution in [0.15, 0.2) is 36.8 Å². The predicted octanol–water partition coefficient (Wildman–Crippen LogP) is 2.03. The Labute approximate surface area is 208 Å². The lowest BCUT2D eigenvalue weighted by Gasteiger charge is -2.28. The number of hydrogen-bond donors (Lipinski definition) is 3. The molecule has 3 aromatic rings. The Kier molecular flexibility index (Phi) is 5.68. The maximum absolute atomic E-state index is 12.6. The molecule has 0 radical (unpaired) electrons. The van der Waals surface area contributed by atoms with Crippen LogP contribution in [0.1, 0.15) is 43.2 Å². The average Bonchev–Trinajstić information content (AvgIpc) is 3.53. The minimum Gasteiger partial charge on any atom is -0.381 e. The Balaban J connectivity index is 1.43. The van der Waals surface area contributed by atoms with Crippen molar-refractivity contribution < 1.29 is 14.7 Å². The molecule has 4 atom stereocenters. The van der Waals surface area contributed by atoms with Crippen molar-refractivity contribution in [2.24, 2.45) is 23.5 Å². The molecule has 186 valence electrons. The van der Waals surface area contributed by atoms with Gasteiger partial charge >= 0.3 is 0 Å². The van der Waals surface area contributed by atoms with Crippen LogP contribution in [0.3, 0.4) is 0 Å². The summed E-state index contributed by atoms with van der Waals surface area (Å²) in [6.45, 7) is 6.44. The summed E-state index contributed by atoms with van der Waals surface area (Å²) in [5.41, 5.74) is 8.00. The van der Waals surface area contributed by atoms with Gasteiger partial charge in [-0.2, -0.15) is 10.4 Å². The first-order valence-electron chi connectivity index (χ1n) is 12.0. The van der Waals surface area contributed by atoms with Gasteiger partial charge in [-0.3, -0.25) is 9.59 Å². The fourth-order valence-electron chi connectivity index (χ4n) is 5.69. The van der Waals surface area contributed by atoms with Gasteiger partial charge in [0.25, 0.3) is 11.8 Å². The van der Waals surface area contributed by atoms with Gasteiger partial charge < -0.3 is 21.1 Å². The average molecular weight is 488 g/mol. The van der Waals surface area contributed by atoms with E-state index in [0.717, 1.165) is 17.5 Å². The van der Waals surface area contributed by atoms with Crippen LogP contribution < -0.4 is 11.1 Å². The molecule has 0 bridgehead atoms. The normalized spacial score (nSPS) is 23.5. The van der Waals surface area contributed by atoms with E-state index in [9.17, 15) is 14.7 Å². The molecule has 10 heteroatoms. The first kappa shape index (κ1) is 23.8. The molecule has 1 saturated heterocycles. The third kappa shape index (κ3) is 4.05. The molecule has 1 saturated carbocycles. The molecule has 36 heavy (non-hydrogen) atoms. The number of aromatic nitrogens is 3. The van der Waals surface area contributed by atoms with E-state index in [1.165, 1.54) is 20.0 Å². The molecule has 4 N–H and O–H groups in total. The van der Waals surface area contributed by atoms with E-state index in [1.54, 1.807) is 21.7 Å². The zero-order valence-corrected chi connectivity index (χ0v) is 20.5. The Hall–Kier alpha value is -3.97. The van der Waals surface area contributed by atoms with Crippen molar-refractivity contribution in [1.29, 1.82) is 5.26 Å². The monoisotopic (exact) mass is 487 g/mol. The second-order valence-corrected chi connectivity index (χ2v) is 10.4. The molecule has 3 aromatic heterocycles. The number of anilines is 1. The highest BCUT2D eigenvalue weighted by molar-refractivity contribution is 6.02. The summed E-state index contributed by atoms with van der Waals surface area (Å²) < 4.78 is 1.70. The van der Waals surface area contributed by atoms with Crippen LogP contribution in [0.5, 0.6) is 0 Å². The largest absolute Gasteiger partial charge is 0.381 e. The summed E-state index contributed by atoms with van der Waals surface area (Å²) in [6.07, 6.45) is 5.79. The summed E-state index contributed by atoms with van der Waals surface area (Å²) in [5, 5.41) is 27.1. The first-order valence-corrected chi connectivity index (χ1v) is 12.0. The number of nitriles is 1. The van der Waals surface area contributed by atoms with E-state index in [0.29, 0.717) is 47.4 Å². The van der Waals surface area contributed by atoms with Crippen molar-refractivity contribution in [1.82, 2.24) is 19.5 Å². The predicted molar refractivity (Wildman–Crippen MR) is 133 cm³/mol. The first-order chi connectivity index (χ1) is 17.1. The van der Waals surface area contributed by atoms with Gasteiger partial charge in [-0.25, -0.2) is 9.50 Å². The highest BCUT2D eigenvalue weighted by Crippen LogP contribution is 2.44. The lowest BCUT2D eigenvalue weighted by molar-refractivity contribution is -0.147. The molecule has 1 aliphatic carbocycles. The molecule has 2 aliphatic rings. The number of hydrogen-bond acceptors (Lipinski definition) is 7. The standard InChI is InChI=1S/C26H29N7O3/c1-14-20-13-32(25(35)26(2,3)36)11-17(20)6-21(14)31-23-19(24(28)34)10-30-33-12-16(7-22(23)33)15-4-5-18(8-27)29-9-15/h4-5,7,9-10,12,14,17,20-21,31,36H,6,11,13H2,1-3H3,(H2,28,34)/t14-,17-,20-,21-/m1/s1. The number of nitrogens with two attached hydrogens (primary N) is 1. The number of amides is 2. The van der Waals surface area contributed by atoms with Gasteiger partial charge in [-0.1, -0.05) is 6.92 Å². The van der Waals surface area contributed by atoms with Crippen molar-refractivity contribution in [2.75, 3.05) is 18.4 Å². The van der Waals surface area contributed by atoms with Crippen LogP contribution in [0.25, 0.3) is 16.6 Å². The van der Waals surface area contributed by atoms with Gasteiger partial charge in [0.1, 0.15) is 17.4 Å². The number of rotatable bonds is 5. The molecule has 2 fully saturated rings. The molecule has 0 spiro atoms. The van der Waals surface area contributed by atoms with Crippen LogP contribution in [-0.2, 0) is 4.79 Å². The second kappa shape index (κ2) is 8.60. The molecule has 10 nitrogen and oxygen atoms in total. The molecule has 0 aromatic carbocycles. The van der Waals surface area contributed by atoms with Gasteiger partial charge in [0.15, 0.2) is 0 Å². The highest BCUT2D eigenvalue weighted by Gasteiger charge is 2.48. The number of pyridine rings is 1. The zero-order chi connectivity index (χ0) is 25.8. The summed E-state index contributed by atoms with van der Waals surface area (Å²) in [4.78, 5) is 30.8. The van der Waals surface area contributed by atoms with Crippen LogP contribution in [0.4, 0.5) is 5.69 Å². The van der Waals surface area contributed by atoms with E-state index in [4.69, 9.17) is 11.0 Å². The van der Waals surface area contributed by atoms with Crippen molar-refractivity contribution in [3.63, 3.8) is 0 Å². The fourth-order valence-corrected chi connectivity index (χ4v) is 5.69. The molecule has 1 aliphatic heterocycles. The van der Waals surface area contributed by atoms with E-state index in [2.05, 4.69) is 22.3 Å². The van der Waals surface area contributed by atoms with E-state index < -0.39 is 11.5 Å². The summed E-state index contributed by atoms with van der Waals surface area (Å²) in [5.74, 6) is 0.0452. The topological polar surface area (TPSA) is 150 Å². The quantitative estimate of drug-likeness (QED) is 0.498. The van der Waals surface area contributed by atoms with Crippen LogP contribution in [0.2, 0.25) is 0 Å². The number of fused-ring (bicyclic) bond motifs is 2. The van der Waals surface area contributed by atoms with Gasteiger partial charge in [-0.05, 0) is 56.2 Å². The Morgan fingerprint density at radius 1 is 1.25 bits per heavy atom. The summed E-state index contributed by atoms with van der Waals surface area (Å²) in [6, 6.07) is 7.50. The van der Waals surface area contributed by atoms with Crippen LogP contribution in [0, 0.1) is 29.1 Å². The molecule has 4 heterocycles. The molecular weight excluding hydrogens is 458 g/mol. The maximum Gasteiger partial charge on any atom is 0.253 e. The number of nitrogens with zero attached hydrogens (tertiary/aromatic N) is 5. The SMILES string of the molecule is C[C@@H]1[C@H]2CN(C(=O)C(C)(C)O)C[C@H]2C[C@H]1Nc1c(C(N)=O)cnn2cc(-c3ccc(C#N)nc3)cc12. The van der Waals surface area contributed by atoms with Gasteiger partial charge in [0, 0.05) is 42.7 Å². The third-order valence-corrected chi connectivity index (χ3v) is 7.61. The van der Waals surface area contributed by atoms with Crippen LogP contribution in [-0.4, -0.2) is 61.2 Å². The molecular formula is C26H29N7O3. The lowest BCUT2D eigenvalue weighted by atomic mass is 9.93. The Morgan fingerprint density at radius 2 is 2.03 bits per heavy atom. The minimum absolute atomic E-state index is 0.0821. The maximum atomic E-state index is 12.6. The molecule has 2 amide bonds. The number of likely N-dealkylation sites (tertiary alicyclic amines) is 1. The number of primary amides is 1. The molecule has 0 unspecified atom stereocenters. The number of carbonyl (C=O) groups excluding carboxylic acids is 2. The second-order valence-electron chi connectivity index (χ2n) is 10.4. The number of carbonyl (C=O) groups is 2. The highest BCUT2D eigenvalue weighted by atomic mass is 16.3. The summed E-state index contributed by atoms with van der Waals surface area (Å²) >= 11 is 0. The number of aliphatic hydroxyl groups is 1. The zero-order valence-electron chi connectivity index (χ0n) is 20.5. The molecule has 5 rings (SSSR count). The van der Waals surface area contributed by atoms with E-state index in [1.807, 2.05) is 24.4 Å². The Morgan fingerprint density at radius 3 is 2.64 bits per heavy atom. The smallest absolute Gasteiger partial charge is 0.253 e. The van der Waals surface area contributed by atoms with Crippen molar-refractivity contribution in [3.8, 4) is 17.2 Å². The Bertz CT molecular complexity index is 1380. The fraction of sp³-hybridized carbons (Fsp3) is 0.423. The van der Waals surface area contributed by atoms with Crippen molar-refractivity contribution in [3.05, 3.63) is 48.0 Å². The van der Waals surface area contributed by atoms with Gasteiger partial charge in [0.05, 0.1) is 23.0 Å². The van der Waals surface area contributed by atoms with Crippen molar-refractivity contribution in [2.45, 2.75) is 38.8 Å². The van der Waals surface area contributed by atoms with E-state index >= 15 is 0 Å². The third-order valence-electron chi connectivity index (χ3n) is 7.61. The van der Waals surface area contributed by atoms with Crippen LogP contribution >= 0.6 is 0 Å².